The van der Waals surface area contributed by atoms with Crippen LogP contribution < -0.4 is 5.32 Å². The summed E-state index contributed by atoms with van der Waals surface area (Å²) in [6.45, 7) is 4.20. The molecule has 0 aromatic heterocycles. The van der Waals surface area contributed by atoms with E-state index in [0.29, 0.717) is 6.10 Å². The second-order valence-electron chi connectivity index (χ2n) is 3.11. The van der Waals surface area contributed by atoms with Crippen LogP contribution in [0.4, 0.5) is 0 Å². The minimum absolute atomic E-state index is 0.204. The van der Waals surface area contributed by atoms with Crippen LogP contribution in [0.1, 0.15) is 26.7 Å². The molecule has 0 amide bonds. The molecule has 0 spiro atoms. The highest BCUT2D eigenvalue weighted by molar-refractivity contribution is 4.79. The quantitative estimate of drug-likeness (QED) is 0.600. The van der Waals surface area contributed by atoms with Crippen LogP contribution in [0, 0.1) is 5.92 Å². The zero-order chi connectivity index (χ0) is 7.56. The fraction of sp³-hybridized carbons (Fsp3) is 1.00. The van der Waals surface area contributed by atoms with Crippen molar-refractivity contribution in [2.75, 3.05) is 7.05 Å². The Morgan fingerprint density at radius 3 is 2.40 bits per heavy atom. The molecule has 60 valence electrons. The first kappa shape index (κ1) is 8.02. The summed E-state index contributed by atoms with van der Waals surface area (Å²) in [5.74, 6) is 0.843. The molecule has 1 aliphatic carbocycles. The van der Waals surface area contributed by atoms with E-state index in [1.54, 1.807) is 0 Å². The van der Waals surface area contributed by atoms with E-state index in [1.807, 2.05) is 14.0 Å². The SMILES string of the molecule is CNC(C)OC(C)C1CC1. The van der Waals surface area contributed by atoms with Crippen LogP contribution in [-0.2, 0) is 4.74 Å². The molecule has 0 radical (unpaired) electrons. The second-order valence-corrected chi connectivity index (χ2v) is 3.11. The van der Waals surface area contributed by atoms with Crippen molar-refractivity contribution in [3.8, 4) is 0 Å². The Kier molecular flexibility index (Phi) is 2.69. The lowest BCUT2D eigenvalue weighted by molar-refractivity contribution is -0.0168. The van der Waals surface area contributed by atoms with Gasteiger partial charge < -0.3 is 4.74 Å². The number of nitrogens with one attached hydrogen (secondary N) is 1. The molecule has 1 aliphatic rings. The first-order valence-electron chi connectivity index (χ1n) is 4.06. The van der Waals surface area contributed by atoms with E-state index in [2.05, 4.69) is 12.2 Å². The molecule has 2 heteroatoms. The Hall–Kier alpha value is -0.0800. The summed E-state index contributed by atoms with van der Waals surface area (Å²) < 4.78 is 5.61. The van der Waals surface area contributed by atoms with Gasteiger partial charge in [-0.15, -0.1) is 0 Å². The zero-order valence-corrected chi connectivity index (χ0v) is 7.05. The lowest BCUT2D eigenvalue weighted by atomic mass is 10.3. The average Bonchev–Trinajstić information content (AvgIpc) is 2.68. The van der Waals surface area contributed by atoms with Crippen molar-refractivity contribution in [2.24, 2.45) is 5.92 Å². The minimum atomic E-state index is 0.204. The molecule has 0 heterocycles. The van der Waals surface area contributed by atoms with E-state index in [4.69, 9.17) is 4.74 Å². The van der Waals surface area contributed by atoms with Gasteiger partial charge >= 0.3 is 0 Å². The first-order chi connectivity index (χ1) is 4.74. The van der Waals surface area contributed by atoms with Gasteiger partial charge in [0.25, 0.3) is 0 Å². The van der Waals surface area contributed by atoms with Crippen molar-refractivity contribution < 1.29 is 4.74 Å². The van der Waals surface area contributed by atoms with Crippen molar-refractivity contribution in [3.05, 3.63) is 0 Å². The number of ether oxygens (including phenoxy) is 1. The molecule has 0 aromatic carbocycles. The van der Waals surface area contributed by atoms with E-state index < -0.39 is 0 Å². The summed E-state index contributed by atoms with van der Waals surface area (Å²) >= 11 is 0. The van der Waals surface area contributed by atoms with Crippen LogP contribution in [0.25, 0.3) is 0 Å². The summed E-state index contributed by atoms with van der Waals surface area (Å²) in [5, 5.41) is 3.06. The lowest BCUT2D eigenvalue weighted by Crippen LogP contribution is -2.29. The molecule has 0 bridgehead atoms. The van der Waals surface area contributed by atoms with Gasteiger partial charge in [0.1, 0.15) is 6.23 Å². The predicted octanol–water partition coefficient (Wildman–Crippen LogP) is 1.37. The molecular formula is C8H17NO. The Morgan fingerprint density at radius 2 is 2.00 bits per heavy atom. The Morgan fingerprint density at radius 1 is 1.40 bits per heavy atom. The van der Waals surface area contributed by atoms with Crippen molar-refractivity contribution in [1.29, 1.82) is 0 Å². The topological polar surface area (TPSA) is 21.3 Å². The molecule has 2 unspecified atom stereocenters. The lowest BCUT2D eigenvalue weighted by Gasteiger charge is -2.17. The van der Waals surface area contributed by atoms with Gasteiger partial charge in [-0.05, 0) is 39.7 Å². The highest BCUT2D eigenvalue weighted by atomic mass is 16.5. The molecule has 2 nitrogen and oxygen atoms in total. The van der Waals surface area contributed by atoms with E-state index in [-0.39, 0.29) is 6.23 Å². The largest absolute Gasteiger partial charge is 0.360 e. The highest BCUT2D eigenvalue weighted by Gasteiger charge is 2.29. The van der Waals surface area contributed by atoms with Crippen molar-refractivity contribution in [3.63, 3.8) is 0 Å². The maximum atomic E-state index is 5.61. The normalized spacial score (nSPS) is 24.3. The Labute approximate surface area is 63.0 Å². The third-order valence-electron chi connectivity index (χ3n) is 2.11. The van der Waals surface area contributed by atoms with Gasteiger partial charge in [0.05, 0.1) is 6.10 Å². The van der Waals surface area contributed by atoms with Gasteiger partial charge in [0.2, 0.25) is 0 Å². The Balaban J connectivity index is 2.10. The summed E-state index contributed by atoms with van der Waals surface area (Å²) in [6, 6.07) is 0. The maximum Gasteiger partial charge on any atom is 0.105 e. The fourth-order valence-electron chi connectivity index (χ4n) is 1.07. The maximum absolute atomic E-state index is 5.61. The monoisotopic (exact) mass is 143 g/mol. The molecule has 0 aliphatic heterocycles. The smallest absolute Gasteiger partial charge is 0.105 e. The van der Waals surface area contributed by atoms with Crippen LogP contribution in [0.15, 0.2) is 0 Å². The number of rotatable bonds is 4. The third kappa shape index (κ3) is 2.27. The van der Waals surface area contributed by atoms with Crippen LogP contribution in [0.5, 0.6) is 0 Å². The van der Waals surface area contributed by atoms with Gasteiger partial charge in [-0.1, -0.05) is 0 Å². The average molecular weight is 143 g/mol. The Bertz CT molecular complexity index is 101. The van der Waals surface area contributed by atoms with Crippen LogP contribution in [0.3, 0.4) is 0 Å². The van der Waals surface area contributed by atoms with E-state index in [0.717, 1.165) is 5.92 Å². The number of hydrogen-bond acceptors (Lipinski definition) is 2. The molecule has 0 saturated heterocycles. The summed E-state index contributed by atoms with van der Waals surface area (Å²) in [6.07, 6.45) is 3.37. The molecule has 10 heavy (non-hydrogen) atoms. The molecule has 1 saturated carbocycles. The highest BCUT2D eigenvalue weighted by Crippen LogP contribution is 2.34. The van der Waals surface area contributed by atoms with Crippen molar-refractivity contribution in [2.45, 2.75) is 39.0 Å². The van der Waals surface area contributed by atoms with Gasteiger partial charge in [0, 0.05) is 0 Å². The van der Waals surface area contributed by atoms with E-state index in [9.17, 15) is 0 Å². The summed E-state index contributed by atoms with van der Waals surface area (Å²) in [5.41, 5.74) is 0. The summed E-state index contributed by atoms with van der Waals surface area (Å²) in [4.78, 5) is 0. The third-order valence-corrected chi connectivity index (χ3v) is 2.11. The fourth-order valence-corrected chi connectivity index (χ4v) is 1.07. The first-order valence-corrected chi connectivity index (χ1v) is 4.06. The molecule has 1 rings (SSSR count). The van der Waals surface area contributed by atoms with Gasteiger partial charge in [-0.25, -0.2) is 0 Å². The predicted molar refractivity (Wildman–Crippen MR) is 41.8 cm³/mol. The summed E-state index contributed by atoms with van der Waals surface area (Å²) in [7, 11) is 1.92. The number of hydrogen-bond donors (Lipinski definition) is 1. The van der Waals surface area contributed by atoms with Gasteiger partial charge in [-0.3, -0.25) is 5.32 Å². The van der Waals surface area contributed by atoms with E-state index >= 15 is 0 Å². The van der Waals surface area contributed by atoms with Crippen molar-refractivity contribution >= 4 is 0 Å². The molecule has 2 atom stereocenters. The van der Waals surface area contributed by atoms with Crippen LogP contribution >= 0.6 is 0 Å². The molecule has 1 fully saturated rings. The van der Waals surface area contributed by atoms with Crippen molar-refractivity contribution in [1.82, 2.24) is 5.32 Å². The van der Waals surface area contributed by atoms with Crippen LogP contribution in [-0.4, -0.2) is 19.4 Å². The minimum Gasteiger partial charge on any atom is -0.360 e. The van der Waals surface area contributed by atoms with Gasteiger partial charge in [0.15, 0.2) is 0 Å². The van der Waals surface area contributed by atoms with E-state index in [1.165, 1.54) is 12.8 Å². The second kappa shape index (κ2) is 3.35. The zero-order valence-electron chi connectivity index (χ0n) is 7.05. The molecular weight excluding hydrogens is 126 g/mol. The standard InChI is InChI=1S/C8H17NO/c1-6(8-4-5-8)10-7(2)9-3/h6-9H,4-5H2,1-3H3. The molecule has 0 aromatic rings. The van der Waals surface area contributed by atoms with Crippen LogP contribution in [0.2, 0.25) is 0 Å². The van der Waals surface area contributed by atoms with Gasteiger partial charge in [-0.2, -0.15) is 0 Å². The molecule has 1 N–H and O–H groups in total.